The van der Waals surface area contributed by atoms with E-state index < -0.39 is 58.5 Å². The van der Waals surface area contributed by atoms with Crippen LogP contribution in [0.1, 0.15) is 12.6 Å². The zero-order chi connectivity index (χ0) is 23.3. The molecule has 32 heavy (non-hydrogen) atoms. The Hall–Kier alpha value is -2.31. The number of nitrogen functional groups attached to an aromatic ring is 1. The molecule has 0 unspecified atom stereocenters. The first kappa shape index (κ1) is 27.7. The van der Waals surface area contributed by atoms with E-state index >= 15 is 0 Å². The van der Waals surface area contributed by atoms with Gasteiger partial charge in [0.05, 0.1) is 6.61 Å². The number of ether oxygens (including phenoxy) is 2. The van der Waals surface area contributed by atoms with Crippen molar-refractivity contribution in [3.8, 4) is 0 Å². The van der Waals surface area contributed by atoms with Crippen molar-refractivity contribution in [1.29, 1.82) is 0 Å². The number of anilines is 1. The van der Waals surface area contributed by atoms with Crippen LogP contribution >= 0.6 is 11.3 Å². The van der Waals surface area contributed by atoms with Crippen LogP contribution < -0.4 is 40.6 Å². The van der Waals surface area contributed by atoms with Gasteiger partial charge < -0.3 is 29.9 Å². The van der Waals surface area contributed by atoms with E-state index in [1.165, 1.54) is 12.3 Å². The Morgan fingerprint density at radius 2 is 2.03 bits per heavy atom. The van der Waals surface area contributed by atoms with Gasteiger partial charge in [-0.15, -0.1) is 11.3 Å². The molecule has 170 valence electrons. The molecule has 0 bridgehead atoms. The molecule has 2 amide bonds. The molecule has 1 aromatic heterocycles. The van der Waals surface area contributed by atoms with Crippen LogP contribution in [0, 0.1) is 0 Å². The molecule has 1 aliphatic heterocycles. The predicted molar refractivity (Wildman–Crippen MR) is 99.9 cm³/mol. The number of nitrogens with two attached hydrogens (primary N) is 1. The fourth-order valence-electron chi connectivity index (χ4n) is 2.40. The van der Waals surface area contributed by atoms with Gasteiger partial charge in [0.15, 0.2) is 33.8 Å². The first-order chi connectivity index (χ1) is 14.5. The Kier molecular flexibility index (Phi) is 9.98. The molecule has 15 nitrogen and oxygen atoms in total. The average Bonchev–Trinajstić information content (AvgIpc) is 3.11. The van der Waals surface area contributed by atoms with Crippen molar-refractivity contribution in [3.63, 3.8) is 0 Å². The molecule has 2 rings (SSSR count). The number of carbonyl (C=O) groups is 4. The first-order valence-corrected chi connectivity index (χ1v) is 10.5. The van der Waals surface area contributed by atoms with E-state index in [0.29, 0.717) is 0 Å². The number of oxime groups is 1. The number of esters is 2. The van der Waals surface area contributed by atoms with Gasteiger partial charge in [-0.2, -0.15) is 0 Å². The fraction of sp³-hybridized carbons (Fsp3) is 0.429. The Labute approximate surface area is 207 Å². The van der Waals surface area contributed by atoms with E-state index in [1.54, 1.807) is 0 Å². The summed E-state index contributed by atoms with van der Waals surface area (Å²) in [5.74, 6) is -4.86. The van der Waals surface area contributed by atoms with Crippen LogP contribution in [-0.2, 0) is 43.8 Å². The Balaban J connectivity index is 0.00000512. The van der Waals surface area contributed by atoms with E-state index in [2.05, 4.69) is 29.8 Å². The maximum absolute atomic E-state index is 12.5. The molecule has 2 atom stereocenters. The minimum atomic E-state index is -5.42. The van der Waals surface area contributed by atoms with E-state index in [0.717, 1.165) is 18.4 Å². The van der Waals surface area contributed by atoms with E-state index in [-0.39, 0.29) is 51.3 Å². The maximum Gasteiger partial charge on any atom is 1.00 e. The van der Waals surface area contributed by atoms with Crippen molar-refractivity contribution in [2.45, 2.75) is 19.0 Å². The third-order valence-electron chi connectivity index (χ3n) is 3.62. The normalized spacial score (nSPS) is 18.2. The second-order valence-corrected chi connectivity index (χ2v) is 7.73. The van der Waals surface area contributed by atoms with Crippen molar-refractivity contribution in [2.75, 3.05) is 26.1 Å². The van der Waals surface area contributed by atoms with Gasteiger partial charge in [0.2, 0.25) is 0 Å². The van der Waals surface area contributed by atoms with Gasteiger partial charge in [-0.3, -0.25) is 9.59 Å². The maximum atomic E-state index is 12.5. The zero-order valence-electron chi connectivity index (χ0n) is 17.0. The number of nitrogens with one attached hydrogen (secondary N) is 1. The largest absolute Gasteiger partial charge is 1.00 e. The van der Waals surface area contributed by atoms with Gasteiger partial charge in [0.1, 0.15) is 18.8 Å². The Bertz CT molecular complexity index is 1030. The number of carbonyl (C=O) groups excluding carboxylic acids is 4. The molecule has 0 spiro atoms. The van der Waals surface area contributed by atoms with Crippen LogP contribution in [0.15, 0.2) is 10.5 Å². The summed E-state index contributed by atoms with van der Waals surface area (Å²) in [7, 11) is -4.30. The monoisotopic (exact) mass is 501 g/mol. The van der Waals surface area contributed by atoms with Crippen molar-refractivity contribution < 1.29 is 76.0 Å². The number of hydrogen-bond acceptors (Lipinski definition) is 14. The smallest absolute Gasteiger partial charge is 0.731 e. The predicted octanol–water partition coefficient (Wildman–Crippen LogP) is -5.66. The molecule has 1 fully saturated rings. The van der Waals surface area contributed by atoms with E-state index in [9.17, 15) is 32.1 Å². The van der Waals surface area contributed by atoms with Gasteiger partial charge in [0.25, 0.3) is 11.8 Å². The summed E-state index contributed by atoms with van der Waals surface area (Å²) in [4.78, 5) is 56.6. The molecule has 18 heteroatoms. The number of amides is 2. The summed E-state index contributed by atoms with van der Waals surface area (Å²) in [6, 6.07) is -3.85. The fourth-order valence-corrected chi connectivity index (χ4v) is 3.77. The van der Waals surface area contributed by atoms with Gasteiger partial charge in [-0.1, -0.05) is 5.16 Å². The third-order valence-corrected chi connectivity index (χ3v) is 5.18. The molecule has 2 heterocycles. The van der Waals surface area contributed by atoms with Crippen LogP contribution in [0.25, 0.3) is 0 Å². The minimum absolute atomic E-state index is 0. The quantitative estimate of drug-likeness (QED) is 0.0807. The summed E-state index contributed by atoms with van der Waals surface area (Å²) in [6.45, 7) is 0.580. The molecule has 1 aliphatic rings. The van der Waals surface area contributed by atoms with Crippen LogP contribution in [0.2, 0.25) is 0 Å². The van der Waals surface area contributed by atoms with Crippen molar-refractivity contribution in [1.82, 2.24) is 14.6 Å². The second-order valence-electron chi connectivity index (χ2n) is 5.59. The van der Waals surface area contributed by atoms with Crippen molar-refractivity contribution in [2.24, 2.45) is 5.16 Å². The molecule has 0 aromatic carbocycles. The number of aromatic nitrogens is 1. The Morgan fingerprint density at radius 1 is 1.38 bits per heavy atom. The standard InChI is InChI=1S/C14H17N5O10S2.Na/c1-3-28-7(20)4-29-13(23)10-9(12(22)19(10)31(24,25)26)17-11(21)8(18-27-2)6-5-30-14(15)16-6;/h5,9-10H,3-4H2,1-2H3,(H2,15,16)(H,17,21)(H,24,25,26);/q;+1/p-1/t9-,10-;/m1./s1. The van der Waals surface area contributed by atoms with Gasteiger partial charge in [-0.25, -0.2) is 27.3 Å². The third kappa shape index (κ3) is 6.36. The zero-order valence-corrected chi connectivity index (χ0v) is 20.6. The van der Waals surface area contributed by atoms with Crippen molar-refractivity contribution in [3.05, 3.63) is 11.1 Å². The topological polar surface area (TPSA) is 220 Å². The van der Waals surface area contributed by atoms with Crippen LogP contribution in [0.5, 0.6) is 0 Å². The SMILES string of the molecule is CCOC(=O)COC(=O)[C@H]1[C@@H](NC(=O)C(=NOC)c2csc(N)n2)C(=O)N1S(=O)(=O)[O-].[Na+]. The molecule has 1 aromatic rings. The molecule has 0 saturated carbocycles. The first-order valence-electron chi connectivity index (χ1n) is 8.26. The summed E-state index contributed by atoms with van der Waals surface area (Å²) in [5.41, 5.74) is 5.03. The minimum Gasteiger partial charge on any atom is -0.731 e. The molecule has 1 saturated heterocycles. The Morgan fingerprint density at radius 3 is 2.53 bits per heavy atom. The number of thiazole rings is 1. The summed E-state index contributed by atoms with van der Waals surface area (Å²) in [6.07, 6.45) is 0. The molecular formula is C14H16N5NaO10S2. The van der Waals surface area contributed by atoms with Crippen LogP contribution in [0.3, 0.4) is 0 Å². The van der Waals surface area contributed by atoms with Gasteiger partial charge >= 0.3 is 41.5 Å². The van der Waals surface area contributed by atoms with Crippen molar-refractivity contribution >= 4 is 56.2 Å². The average molecular weight is 501 g/mol. The summed E-state index contributed by atoms with van der Waals surface area (Å²) < 4.78 is 42.9. The number of rotatable bonds is 9. The van der Waals surface area contributed by atoms with E-state index in [4.69, 9.17) is 5.73 Å². The molecule has 3 N–H and O–H groups in total. The molecular weight excluding hydrogens is 485 g/mol. The summed E-state index contributed by atoms with van der Waals surface area (Å²) >= 11 is 0.974. The number of hydrogen-bond donors (Lipinski definition) is 2. The van der Waals surface area contributed by atoms with Gasteiger partial charge in [-0.05, 0) is 6.92 Å². The van der Waals surface area contributed by atoms with Crippen LogP contribution in [-0.4, -0.2) is 84.1 Å². The molecule has 0 aliphatic carbocycles. The van der Waals surface area contributed by atoms with Gasteiger partial charge in [0, 0.05) is 5.38 Å². The van der Waals surface area contributed by atoms with Crippen LogP contribution in [0.4, 0.5) is 5.13 Å². The van der Waals surface area contributed by atoms with E-state index in [1.807, 2.05) is 0 Å². The molecule has 0 radical (unpaired) electrons. The number of β-lactam (4-membered cyclic amide) rings is 1. The second kappa shape index (κ2) is 11.5. The summed E-state index contributed by atoms with van der Waals surface area (Å²) in [5, 5.41) is 6.99. The number of nitrogens with zero attached hydrogens (tertiary/aromatic N) is 3.